The van der Waals surface area contributed by atoms with E-state index < -0.39 is 5.97 Å². The van der Waals surface area contributed by atoms with Crippen molar-refractivity contribution < 1.29 is 19.4 Å². The molecule has 8 heteroatoms. The Bertz CT molecular complexity index is 1160. The summed E-state index contributed by atoms with van der Waals surface area (Å²) in [5.74, 6) is -0.0907. The number of hydrogen-bond donors (Lipinski definition) is 2. The van der Waals surface area contributed by atoms with E-state index in [2.05, 4.69) is 0 Å². The lowest BCUT2D eigenvalue weighted by molar-refractivity contribution is -0.118. The van der Waals surface area contributed by atoms with Crippen molar-refractivity contribution in [3.8, 4) is 27.7 Å². The smallest absolute Gasteiger partial charge is 0.337 e. The monoisotopic (exact) mass is 481 g/mol. The molecular formula is C26H31N3O4S. The largest absolute Gasteiger partial charge is 0.497 e. The molecule has 0 bridgehead atoms. The van der Waals surface area contributed by atoms with E-state index in [4.69, 9.17) is 15.5 Å². The average Bonchev–Trinajstić information content (AvgIpc) is 3.44. The normalized spacial score (nSPS) is 15.2. The topological polar surface area (TPSA) is 107 Å². The van der Waals surface area contributed by atoms with Crippen LogP contribution in [0.5, 0.6) is 5.75 Å². The Morgan fingerprint density at radius 1 is 1.24 bits per heavy atom. The van der Waals surface area contributed by atoms with Gasteiger partial charge in [0, 0.05) is 29.1 Å². The lowest BCUT2D eigenvalue weighted by Crippen LogP contribution is -2.24. The number of nitrogens with two attached hydrogens (primary N) is 1. The molecule has 1 saturated carbocycles. The van der Waals surface area contributed by atoms with E-state index in [0.29, 0.717) is 23.0 Å². The Labute approximate surface area is 203 Å². The number of rotatable bonds is 9. The van der Waals surface area contributed by atoms with Crippen LogP contribution in [0.25, 0.3) is 22.0 Å². The maximum atomic E-state index is 12.0. The van der Waals surface area contributed by atoms with Gasteiger partial charge in [0.2, 0.25) is 5.91 Å². The maximum Gasteiger partial charge on any atom is 0.337 e. The van der Waals surface area contributed by atoms with Crippen LogP contribution in [0.4, 0.5) is 0 Å². The predicted molar refractivity (Wildman–Crippen MR) is 133 cm³/mol. The van der Waals surface area contributed by atoms with Gasteiger partial charge in [-0.05, 0) is 49.6 Å². The number of carboxylic acid groups (broad SMARTS) is 1. The molecule has 180 valence electrons. The molecule has 3 N–H and O–H groups in total. The van der Waals surface area contributed by atoms with Crippen LogP contribution in [-0.2, 0) is 4.79 Å². The molecule has 1 fully saturated rings. The van der Waals surface area contributed by atoms with Crippen molar-refractivity contribution in [1.82, 2.24) is 9.55 Å². The van der Waals surface area contributed by atoms with Gasteiger partial charge in [-0.1, -0.05) is 32.1 Å². The fraction of sp³-hybridized carbons (Fsp3) is 0.423. The Morgan fingerprint density at radius 2 is 1.94 bits per heavy atom. The van der Waals surface area contributed by atoms with Gasteiger partial charge in [-0.15, -0.1) is 11.3 Å². The minimum absolute atomic E-state index is 0.174. The first-order chi connectivity index (χ1) is 16.4. The summed E-state index contributed by atoms with van der Waals surface area (Å²) in [6, 6.07) is 9.16. The summed E-state index contributed by atoms with van der Waals surface area (Å²) >= 11 is 1.50. The van der Waals surface area contributed by atoms with E-state index in [1.807, 2.05) is 34.2 Å². The Hall–Kier alpha value is -3.13. The van der Waals surface area contributed by atoms with E-state index in [1.165, 1.54) is 30.6 Å². The molecule has 34 heavy (non-hydrogen) atoms. The van der Waals surface area contributed by atoms with Crippen LogP contribution in [0.15, 0.2) is 35.7 Å². The summed E-state index contributed by atoms with van der Waals surface area (Å²) < 4.78 is 7.24. The minimum Gasteiger partial charge on any atom is -0.497 e. The number of amides is 1. The molecule has 7 nitrogen and oxygen atoms in total. The molecule has 4 rings (SSSR count). The van der Waals surface area contributed by atoms with Gasteiger partial charge in [-0.3, -0.25) is 4.79 Å². The third kappa shape index (κ3) is 5.17. The number of methoxy groups -OCH3 is 1. The van der Waals surface area contributed by atoms with Crippen LogP contribution in [-0.4, -0.2) is 33.6 Å². The second-order valence-electron chi connectivity index (χ2n) is 9.03. The summed E-state index contributed by atoms with van der Waals surface area (Å²) in [7, 11) is 1.63. The molecule has 2 aromatic heterocycles. The second-order valence-corrected chi connectivity index (χ2v) is 9.89. The van der Waals surface area contributed by atoms with Crippen molar-refractivity contribution in [1.29, 1.82) is 0 Å². The number of ether oxygens (including phenoxy) is 1. The van der Waals surface area contributed by atoms with Crippen molar-refractivity contribution in [2.75, 3.05) is 7.11 Å². The summed E-state index contributed by atoms with van der Waals surface area (Å²) in [5, 5.41) is 12.6. The Balaban J connectivity index is 1.74. The molecular weight excluding hydrogens is 450 g/mol. The van der Waals surface area contributed by atoms with Crippen LogP contribution in [0.3, 0.4) is 0 Å². The van der Waals surface area contributed by atoms with Crippen LogP contribution in [0.1, 0.15) is 67.0 Å². The number of aromatic carboxylic acids is 1. The van der Waals surface area contributed by atoms with E-state index in [0.717, 1.165) is 35.6 Å². The van der Waals surface area contributed by atoms with Crippen LogP contribution < -0.4 is 10.5 Å². The predicted octanol–water partition coefficient (Wildman–Crippen LogP) is 5.68. The van der Waals surface area contributed by atoms with Gasteiger partial charge in [-0.25, -0.2) is 9.78 Å². The number of hydrogen-bond acceptors (Lipinski definition) is 5. The average molecular weight is 482 g/mol. The zero-order valence-corrected chi connectivity index (χ0v) is 20.4. The van der Waals surface area contributed by atoms with Crippen molar-refractivity contribution in [2.24, 2.45) is 11.7 Å². The number of nitrogens with zero attached hydrogens (tertiary/aromatic N) is 2. The first kappa shape index (κ1) is 24.0. The Morgan fingerprint density at radius 3 is 2.56 bits per heavy atom. The number of aromatic nitrogens is 2. The van der Waals surface area contributed by atoms with Crippen molar-refractivity contribution in [2.45, 2.75) is 57.9 Å². The summed E-state index contributed by atoms with van der Waals surface area (Å²) in [6.07, 6.45) is 6.89. The van der Waals surface area contributed by atoms with E-state index in [-0.39, 0.29) is 23.9 Å². The molecule has 1 aromatic carbocycles. The third-order valence-electron chi connectivity index (χ3n) is 6.76. The third-order valence-corrected chi connectivity index (χ3v) is 7.65. The highest BCUT2D eigenvalue weighted by atomic mass is 32.1. The van der Waals surface area contributed by atoms with Gasteiger partial charge in [0.25, 0.3) is 0 Å². The zero-order chi connectivity index (χ0) is 24.2. The lowest BCUT2D eigenvalue weighted by Gasteiger charge is -2.29. The number of carboxylic acids is 1. The molecule has 0 aliphatic heterocycles. The SMILES string of the molecule is COc1ccc(-c2nc(-c3cc(C(=O)O)c(C)n3C(CC(N)=O)CC3CCCCC3)cs2)cc1. The van der Waals surface area contributed by atoms with Crippen molar-refractivity contribution >= 4 is 23.2 Å². The van der Waals surface area contributed by atoms with E-state index >= 15 is 0 Å². The molecule has 1 aliphatic rings. The van der Waals surface area contributed by atoms with Gasteiger partial charge < -0.3 is 20.1 Å². The number of carbonyl (C=O) groups is 2. The van der Waals surface area contributed by atoms with Crippen molar-refractivity contribution in [3.63, 3.8) is 0 Å². The van der Waals surface area contributed by atoms with Gasteiger partial charge in [-0.2, -0.15) is 0 Å². The van der Waals surface area contributed by atoms with E-state index in [9.17, 15) is 14.7 Å². The van der Waals surface area contributed by atoms with Gasteiger partial charge in [0.1, 0.15) is 10.8 Å². The van der Waals surface area contributed by atoms with Gasteiger partial charge in [0.15, 0.2) is 0 Å². The molecule has 1 aliphatic carbocycles. The highest BCUT2D eigenvalue weighted by Crippen LogP contribution is 2.38. The van der Waals surface area contributed by atoms with E-state index in [1.54, 1.807) is 20.1 Å². The van der Waals surface area contributed by atoms with Crippen LogP contribution in [0.2, 0.25) is 0 Å². The highest BCUT2D eigenvalue weighted by molar-refractivity contribution is 7.13. The number of benzene rings is 1. The summed E-state index contributed by atoms with van der Waals surface area (Å²) in [4.78, 5) is 28.9. The molecule has 0 radical (unpaired) electrons. The number of thiazole rings is 1. The lowest BCUT2D eigenvalue weighted by atomic mass is 9.84. The minimum atomic E-state index is -0.987. The fourth-order valence-corrected chi connectivity index (χ4v) is 5.90. The van der Waals surface area contributed by atoms with Gasteiger partial charge in [0.05, 0.1) is 24.1 Å². The number of carbonyl (C=O) groups excluding carboxylic acids is 1. The molecule has 0 spiro atoms. The standard InChI is InChI=1S/C26H31N3O4S/c1-16-21(26(31)32)14-23(22-15-34-25(28-22)18-8-10-20(33-2)11-9-18)29(16)19(13-24(27)30)12-17-6-4-3-5-7-17/h8-11,14-15,17,19H,3-7,12-13H2,1-2H3,(H2,27,30)(H,31,32). The molecule has 1 unspecified atom stereocenters. The quantitative estimate of drug-likeness (QED) is 0.409. The Kier molecular flexibility index (Phi) is 7.36. The highest BCUT2D eigenvalue weighted by Gasteiger charge is 2.28. The molecule has 1 atom stereocenters. The van der Waals surface area contributed by atoms with Crippen molar-refractivity contribution in [3.05, 3.63) is 47.0 Å². The number of primary amides is 1. The summed E-state index contributed by atoms with van der Waals surface area (Å²) in [6.45, 7) is 1.80. The first-order valence-corrected chi connectivity index (χ1v) is 12.6. The molecule has 2 heterocycles. The maximum absolute atomic E-state index is 12.0. The first-order valence-electron chi connectivity index (χ1n) is 11.7. The zero-order valence-electron chi connectivity index (χ0n) is 19.6. The second kappa shape index (κ2) is 10.4. The molecule has 0 saturated heterocycles. The molecule has 3 aromatic rings. The summed E-state index contributed by atoms with van der Waals surface area (Å²) in [5.41, 5.74) is 8.88. The van der Waals surface area contributed by atoms with Crippen LogP contribution in [0, 0.1) is 12.8 Å². The van der Waals surface area contributed by atoms with Gasteiger partial charge >= 0.3 is 5.97 Å². The molecule has 1 amide bonds. The van der Waals surface area contributed by atoms with Crippen LogP contribution >= 0.6 is 11.3 Å². The fourth-order valence-electron chi connectivity index (χ4n) is 5.08.